The maximum Gasteiger partial charge on any atom is 0.325 e. The van der Waals surface area contributed by atoms with E-state index in [0.717, 1.165) is 18.4 Å². The van der Waals surface area contributed by atoms with Gasteiger partial charge in [-0.1, -0.05) is 43.2 Å². The van der Waals surface area contributed by atoms with Crippen molar-refractivity contribution in [3.63, 3.8) is 0 Å². The molecule has 0 aromatic heterocycles. The lowest BCUT2D eigenvalue weighted by atomic mass is 9.88. The van der Waals surface area contributed by atoms with Crippen LogP contribution in [0.1, 0.15) is 50.5 Å². The Balaban J connectivity index is 1.70. The number of carbonyl (C=O) groups excluding carboxylic acids is 5. The normalized spacial score (nSPS) is 17.9. The van der Waals surface area contributed by atoms with Crippen molar-refractivity contribution in [2.24, 2.45) is 17.4 Å². The number of esters is 1. The molecule has 0 radical (unpaired) electrons. The Labute approximate surface area is 251 Å². The van der Waals surface area contributed by atoms with E-state index in [1.807, 2.05) is 30.3 Å². The van der Waals surface area contributed by atoms with Crippen LogP contribution < -0.4 is 32.7 Å². The van der Waals surface area contributed by atoms with Crippen molar-refractivity contribution in [1.82, 2.24) is 26.2 Å². The van der Waals surface area contributed by atoms with Gasteiger partial charge in [-0.05, 0) is 43.6 Å². The number of hydrogen-bond donors (Lipinski definition) is 7. The van der Waals surface area contributed by atoms with Crippen LogP contribution in [0, 0.1) is 11.3 Å². The van der Waals surface area contributed by atoms with Crippen LogP contribution in [-0.2, 0) is 35.1 Å². The van der Waals surface area contributed by atoms with Crippen LogP contribution >= 0.6 is 0 Å². The molecule has 43 heavy (non-hydrogen) atoms. The number of piperidine rings is 1. The highest BCUT2D eigenvalue weighted by molar-refractivity contribution is 5.93. The summed E-state index contributed by atoms with van der Waals surface area (Å²) in [6.45, 7) is 0.747. The van der Waals surface area contributed by atoms with E-state index >= 15 is 0 Å². The lowest BCUT2D eigenvalue weighted by molar-refractivity contribution is -0.151. The molecule has 1 aliphatic heterocycles. The summed E-state index contributed by atoms with van der Waals surface area (Å²) in [6.07, 6.45) is 4.09. The number of nitrogens with two attached hydrogens (primary N) is 2. The Kier molecular flexibility index (Phi) is 12.3. The number of ether oxygens (including phenoxy) is 1. The minimum atomic E-state index is -1.18. The van der Waals surface area contributed by atoms with E-state index in [1.165, 1.54) is 7.11 Å². The number of rotatable bonds is 16. The molecule has 0 bridgehead atoms. The number of amides is 4. The first kappa shape index (κ1) is 33.3. The molecule has 1 aliphatic carbocycles. The predicted molar refractivity (Wildman–Crippen MR) is 158 cm³/mol. The summed E-state index contributed by atoms with van der Waals surface area (Å²) in [5.41, 5.74) is 11.2. The zero-order chi connectivity index (χ0) is 31.4. The zero-order valence-corrected chi connectivity index (χ0v) is 24.6. The van der Waals surface area contributed by atoms with Crippen molar-refractivity contribution in [2.75, 3.05) is 26.7 Å². The highest BCUT2D eigenvalue weighted by Gasteiger charge is 2.41. The summed E-state index contributed by atoms with van der Waals surface area (Å²) < 4.78 is 4.82. The number of carbonyl (C=O) groups is 5. The van der Waals surface area contributed by atoms with Crippen LogP contribution in [0.25, 0.3) is 0 Å². The van der Waals surface area contributed by atoms with E-state index in [1.54, 1.807) is 4.90 Å². The molecular weight excluding hydrogens is 556 g/mol. The Morgan fingerprint density at radius 1 is 1.07 bits per heavy atom. The first-order valence-corrected chi connectivity index (χ1v) is 14.6. The summed E-state index contributed by atoms with van der Waals surface area (Å²) in [5, 5.41) is 18.2. The number of nitrogens with one attached hydrogen (secondary N) is 5. The molecule has 1 heterocycles. The monoisotopic (exact) mass is 600 g/mol. The third-order valence-electron chi connectivity index (χ3n) is 7.93. The molecular formula is C29H44N8O6. The van der Waals surface area contributed by atoms with Gasteiger partial charge in [-0.15, -0.1) is 0 Å². The van der Waals surface area contributed by atoms with Gasteiger partial charge in [-0.3, -0.25) is 29.4 Å². The summed E-state index contributed by atoms with van der Waals surface area (Å²) in [6, 6.07) is 6.50. The standard InChI is InChI=1S/C29H44N8O6/c1-43-27(42)29(32)11-14-37(15-12-29)26(41)21(8-5-13-33-28(30)31)35-25(40)23(17-20-9-10-20)36-24(39)22(34-18-38)16-19-6-3-2-4-7-19/h2-4,6-7,18,20-23H,5,8-17,32H2,1H3,(H,34,38)(H,35,40)(H,36,39)(H4,30,31,33)/t21-,22-,23-/m1/s1. The molecule has 2 fully saturated rings. The molecule has 236 valence electrons. The van der Waals surface area contributed by atoms with Crippen LogP contribution in [-0.4, -0.2) is 91.4 Å². The molecule has 1 aromatic carbocycles. The molecule has 14 nitrogen and oxygen atoms in total. The van der Waals surface area contributed by atoms with E-state index in [9.17, 15) is 24.0 Å². The van der Waals surface area contributed by atoms with Crippen molar-refractivity contribution in [2.45, 2.75) is 75.0 Å². The number of guanidine groups is 1. The lowest BCUT2D eigenvalue weighted by Gasteiger charge is -2.38. The second-order valence-corrected chi connectivity index (χ2v) is 11.3. The highest BCUT2D eigenvalue weighted by atomic mass is 16.5. The fraction of sp³-hybridized carbons (Fsp3) is 0.586. The van der Waals surface area contributed by atoms with Crippen LogP contribution in [0.3, 0.4) is 0 Å². The van der Waals surface area contributed by atoms with Gasteiger partial charge in [0.1, 0.15) is 23.7 Å². The van der Waals surface area contributed by atoms with Gasteiger partial charge in [0.05, 0.1) is 7.11 Å². The van der Waals surface area contributed by atoms with Crippen LogP contribution in [0.4, 0.5) is 0 Å². The van der Waals surface area contributed by atoms with Gasteiger partial charge in [0, 0.05) is 26.1 Å². The largest absolute Gasteiger partial charge is 0.468 e. The van der Waals surface area contributed by atoms with Gasteiger partial charge in [0.2, 0.25) is 24.1 Å². The van der Waals surface area contributed by atoms with Gasteiger partial charge in [-0.25, -0.2) is 0 Å². The zero-order valence-electron chi connectivity index (χ0n) is 24.6. The molecule has 14 heteroatoms. The number of hydrogen-bond acceptors (Lipinski definition) is 8. The third kappa shape index (κ3) is 10.2. The van der Waals surface area contributed by atoms with Crippen molar-refractivity contribution < 1.29 is 28.7 Å². The summed E-state index contributed by atoms with van der Waals surface area (Å²) in [7, 11) is 1.27. The Bertz CT molecular complexity index is 1140. The SMILES string of the molecule is COC(=O)C1(N)CCN(C(=O)[C@@H](CCCNC(=N)N)NC(=O)[C@@H](CC2CC2)NC(=O)[C@@H](Cc2ccccc2)NC=O)CC1. The van der Waals surface area contributed by atoms with E-state index in [-0.39, 0.29) is 56.6 Å². The number of methoxy groups -OCH3 is 1. The van der Waals surface area contributed by atoms with Crippen molar-refractivity contribution in [3.8, 4) is 0 Å². The molecule has 1 saturated carbocycles. The van der Waals surface area contributed by atoms with Gasteiger partial charge in [0.25, 0.3) is 0 Å². The summed E-state index contributed by atoms with van der Waals surface area (Å²) in [5.74, 6) is -1.79. The van der Waals surface area contributed by atoms with E-state index in [4.69, 9.17) is 21.6 Å². The minimum Gasteiger partial charge on any atom is -0.468 e. The molecule has 1 saturated heterocycles. The second-order valence-electron chi connectivity index (χ2n) is 11.3. The molecule has 0 unspecified atom stereocenters. The summed E-state index contributed by atoms with van der Waals surface area (Å²) in [4.78, 5) is 65.5. The molecule has 2 aliphatic rings. The van der Waals surface area contributed by atoms with Crippen LogP contribution in [0.5, 0.6) is 0 Å². The van der Waals surface area contributed by atoms with Gasteiger partial charge in [-0.2, -0.15) is 0 Å². The van der Waals surface area contributed by atoms with E-state index in [2.05, 4.69) is 21.3 Å². The average molecular weight is 601 g/mol. The molecule has 9 N–H and O–H groups in total. The fourth-order valence-electron chi connectivity index (χ4n) is 5.16. The molecule has 3 rings (SSSR count). The van der Waals surface area contributed by atoms with Crippen molar-refractivity contribution in [3.05, 3.63) is 35.9 Å². The Morgan fingerprint density at radius 2 is 1.70 bits per heavy atom. The molecule has 3 atom stereocenters. The lowest BCUT2D eigenvalue weighted by Crippen LogP contribution is -2.60. The first-order valence-electron chi connectivity index (χ1n) is 14.6. The smallest absolute Gasteiger partial charge is 0.325 e. The minimum absolute atomic E-state index is 0.203. The summed E-state index contributed by atoms with van der Waals surface area (Å²) >= 11 is 0. The van der Waals surface area contributed by atoms with Gasteiger partial charge in [0.15, 0.2) is 5.96 Å². The maximum atomic E-state index is 13.6. The second kappa shape index (κ2) is 15.9. The van der Waals surface area contributed by atoms with Gasteiger partial charge < -0.3 is 42.4 Å². The van der Waals surface area contributed by atoms with Crippen LogP contribution in [0.15, 0.2) is 30.3 Å². The molecule has 0 spiro atoms. The highest BCUT2D eigenvalue weighted by Crippen LogP contribution is 2.33. The van der Waals surface area contributed by atoms with Crippen molar-refractivity contribution in [1.29, 1.82) is 5.41 Å². The van der Waals surface area contributed by atoms with Gasteiger partial charge >= 0.3 is 5.97 Å². The van der Waals surface area contributed by atoms with Crippen LogP contribution in [0.2, 0.25) is 0 Å². The maximum absolute atomic E-state index is 13.6. The van der Waals surface area contributed by atoms with Crippen molar-refractivity contribution >= 4 is 36.1 Å². The first-order chi connectivity index (χ1) is 20.6. The number of nitrogens with zero attached hydrogens (tertiary/aromatic N) is 1. The molecule has 4 amide bonds. The topological polar surface area (TPSA) is 222 Å². The molecule has 1 aromatic rings. The van der Waals surface area contributed by atoms with E-state index < -0.39 is 41.4 Å². The average Bonchev–Trinajstić information content (AvgIpc) is 3.82. The quantitative estimate of drug-likeness (QED) is 0.0400. The van der Waals surface area contributed by atoms with E-state index in [0.29, 0.717) is 25.8 Å². The Hall–Kier alpha value is -4.20. The number of benzene rings is 1. The number of likely N-dealkylation sites (tertiary alicyclic amines) is 1. The Morgan fingerprint density at radius 3 is 2.28 bits per heavy atom. The predicted octanol–water partition coefficient (Wildman–Crippen LogP) is -1.13. The third-order valence-corrected chi connectivity index (χ3v) is 7.93. The fourth-order valence-corrected chi connectivity index (χ4v) is 5.16.